The largest absolute Gasteiger partial charge is 0.460 e. The van der Waals surface area contributed by atoms with E-state index in [4.69, 9.17) is 0 Å². The van der Waals surface area contributed by atoms with Gasteiger partial charge >= 0.3 is 57.1 Å². The van der Waals surface area contributed by atoms with Crippen molar-refractivity contribution in [2.24, 2.45) is 23.7 Å². The van der Waals surface area contributed by atoms with E-state index in [1.807, 2.05) is 0 Å². The van der Waals surface area contributed by atoms with Crippen molar-refractivity contribution in [1.29, 1.82) is 0 Å². The van der Waals surface area contributed by atoms with Gasteiger partial charge in [0, 0.05) is 0 Å². The lowest BCUT2D eigenvalue weighted by molar-refractivity contribution is -0.443. The molecule has 1 heterocycles. The fraction of sp³-hybridized carbons (Fsp3) is 0.765. The second kappa shape index (κ2) is 8.58. The molecule has 41 heavy (non-hydrogen) atoms. The normalized spacial score (nSPS) is 26.8. The number of allylic oxidation sites excluding steroid dienone is 2. The van der Waals surface area contributed by atoms with Crippen LogP contribution in [-0.4, -0.2) is 72.3 Å². The number of halogens is 17. The van der Waals surface area contributed by atoms with Crippen LogP contribution >= 0.6 is 0 Å². The van der Waals surface area contributed by atoms with Gasteiger partial charge in [-0.2, -0.15) is 83.1 Å². The van der Waals surface area contributed by atoms with Crippen LogP contribution in [0.15, 0.2) is 12.2 Å². The zero-order chi connectivity index (χ0) is 32.4. The van der Waals surface area contributed by atoms with Gasteiger partial charge in [0.25, 0.3) is 11.8 Å². The molecular weight excluding hydrogens is 653 g/mol. The highest BCUT2D eigenvalue weighted by Gasteiger charge is 3.00. The number of fused-ring (bicyclic) bond motifs is 5. The minimum atomic E-state index is -9.24. The lowest BCUT2D eigenvalue weighted by Crippen LogP contribution is -2.80. The second-order valence-corrected chi connectivity index (χ2v) is 10.6. The summed E-state index contributed by atoms with van der Waals surface area (Å²) in [5.41, 5.74) is 0. The Hall–Kier alpha value is -2.40. The summed E-state index contributed by atoms with van der Waals surface area (Å²) in [6.45, 7) is 0. The Balaban J connectivity index is 2.27. The Morgan fingerprint density at radius 3 is 1.24 bits per heavy atom. The molecule has 0 radical (unpaired) electrons. The molecule has 0 aromatic rings. The van der Waals surface area contributed by atoms with Crippen molar-refractivity contribution in [3.05, 3.63) is 12.2 Å². The number of alkyl halides is 17. The van der Waals surface area contributed by atoms with Crippen molar-refractivity contribution in [2.75, 3.05) is 0 Å². The molecule has 3 aliphatic rings. The molecule has 4 unspecified atom stereocenters. The summed E-state index contributed by atoms with van der Waals surface area (Å²) in [6, 6.07) is 0. The molecule has 4 atom stereocenters. The topological polar surface area (TPSA) is 80.8 Å². The fourth-order valence-corrected chi connectivity index (χ4v) is 6.32. The van der Waals surface area contributed by atoms with E-state index in [0.29, 0.717) is 0 Å². The number of rotatable bonds is 7. The summed E-state index contributed by atoms with van der Waals surface area (Å²) >= 11 is 0. The van der Waals surface area contributed by atoms with Crippen LogP contribution in [-0.2, 0) is 24.0 Å². The molecule has 3 rings (SSSR count). The Labute approximate surface area is 214 Å². The molecule has 236 valence electrons. The van der Waals surface area contributed by atoms with Gasteiger partial charge in [-0.15, -0.1) is 9.35 Å². The zero-order valence-corrected chi connectivity index (χ0v) is 19.3. The molecule has 24 heteroatoms. The van der Waals surface area contributed by atoms with E-state index in [2.05, 4.69) is 4.28 Å². The van der Waals surface area contributed by atoms with Crippen molar-refractivity contribution >= 4 is 21.9 Å². The van der Waals surface area contributed by atoms with Gasteiger partial charge in [-0.1, -0.05) is 12.2 Å². The first-order valence-corrected chi connectivity index (χ1v) is 11.5. The van der Waals surface area contributed by atoms with Crippen LogP contribution < -0.4 is 0 Å². The highest BCUT2D eigenvalue weighted by molar-refractivity contribution is 7.88. The monoisotopic (exact) mass is 661 g/mol. The third-order valence-corrected chi connectivity index (χ3v) is 8.57. The van der Waals surface area contributed by atoms with Gasteiger partial charge in [0.05, 0.1) is 11.8 Å². The van der Waals surface area contributed by atoms with Crippen LogP contribution in [0.4, 0.5) is 74.6 Å². The van der Waals surface area contributed by atoms with Gasteiger partial charge in [-0.3, -0.25) is 9.59 Å². The predicted octanol–water partition coefficient (Wildman–Crippen LogP) is 5.02. The van der Waals surface area contributed by atoms with Crippen molar-refractivity contribution in [1.82, 2.24) is 5.06 Å². The second-order valence-electron chi connectivity index (χ2n) is 8.97. The molecular formula is C17H8F17NO5S. The summed E-state index contributed by atoms with van der Waals surface area (Å²) in [4.78, 5) is 24.8. The Morgan fingerprint density at radius 2 is 0.927 bits per heavy atom. The summed E-state index contributed by atoms with van der Waals surface area (Å²) in [5.74, 6) is -45.7. The van der Waals surface area contributed by atoms with Gasteiger partial charge in [0.15, 0.2) is 0 Å². The maximum atomic E-state index is 14.6. The van der Waals surface area contributed by atoms with Gasteiger partial charge in [0.2, 0.25) is 0 Å². The average Bonchev–Trinajstić information content (AvgIpc) is 3.40. The molecule has 2 fully saturated rings. The number of hydrogen-bond acceptors (Lipinski definition) is 5. The molecule has 0 aromatic carbocycles. The summed E-state index contributed by atoms with van der Waals surface area (Å²) in [5, 5.41) is -1.47. The summed E-state index contributed by atoms with van der Waals surface area (Å²) in [7, 11) is -8.95. The fourth-order valence-electron chi connectivity index (χ4n) is 4.85. The lowest BCUT2D eigenvalue weighted by atomic mass is 9.85. The first-order chi connectivity index (χ1) is 17.9. The van der Waals surface area contributed by atoms with Crippen LogP contribution in [0.25, 0.3) is 0 Å². The zero-order valence-electron chi connectivity index (χ0n) is 18.5. The standard InChI is InChI=1S/C17H8F17NO5S/c18-11(19,12(20,21)13(22,23)14(24,25)17(32,33)34)10(15(26,27)28,16(29,30)31)41(38,39)40-35-8(36)6-4-1-2-5(3-4)7(6)9(35)37/h1-2,4-7H,3H2. The maximum absolute atomic E-state index is 14.6. The lowest BCUT2D eigenvalue weighted by Gasteiger charge is -2.45. The average molecular weight is 661 g/mol. The van der Waals surface area contributed by atoms with Crippen molar-refractivity contribution in [2.45, 2.75) is 53.4 Å². The molecule has 2 amide bonds. The van der Waals surface area contributed by atoms with Gasteiger partial charge in [-0.05, 0) is 18.3 Å². The van der Waals surface area contributed by atoms with Crippen LogP contribution in [0.3, 0.4) is 0 Å². The Morgan fingerprint density at radius 1 is 0.585 bits per heavy atom. The van der Waals surface area contributed by atoms with Gasteiger partial charge in [0.1, 0.15) is 0 Å². The van der Waals surface area contributed by atoms with Gasteiger partial charge in [-0.25, -0.2) is 0 Å². The number of hydroxylamine groups is 2. The maximum Gasteiger partial charge on any atom is 0.460 e. The van der Waals surface area contributed by atoms with Crippen molar-refractivity contribution in [3.8, 4) is 0 Å². The number of amides is 2. The van der Waals surface area contributed by atoms with E-state index in [1.165, 1.54) is 12.2 Å². The first-order valence-electron chi connectivity index (χ1n) is 10.1. The third-order valence-electron chi connectivity index (χ3n) is 6.76. The van der Waals surface area contributed by atoms with Gasteiger partial charge < -0.3 is 0 Å². The van der Waals surface area contributed by atoms with Crippen LogP contribution in [0.1, 0.15) is 6.42 Å². The minimum Gasteiger partial charge on any atom is -0.272 e. The summed E-state index contributed by atoms with van der Waals surface area (Å²) in [6.07, 6.45) is -22.9. The molecule has 0 N–H and O–H groups in total. The quantitative estimate of drug-likeness (QED) is 0.218. The van der Waals surface area contributed by atoms with E-state index >= 15 is 0 Å². The molecule has 1 saturated carbocycles. The SMILES string of the molecule is O=C1C2C3C=CC(C3)C2C(=O)N1OS(=O)(=O)C(C(F)(F)F)(C(F)(F)F)C(F)(F)C(F)(F)C(F)(F)C(F)(F)C(F)(F)F. The van der Waals surface area contributed by atoms with E-state index in [9.17, 15) is 92.6 Å². The van der Waals surface area contributed by atoms with E-state index < -0.39 is 97.6 Å². The van der Waals surface area contributed by atoms with Crippen LogP contribution in [0, 0.1) is 23.7 Å². The summed E-state index contributed by atoms with van der Waals surface area (Å²) < 4.78 is 249. The van der Waals surface area contributed by atoms with E-state index in [-0.39, 0.29) is 6.42 Å². The third kappa shape index (κ3) is 3.83. The number of carbonyl (C=O) groups excluding carboxylic acids is 2. The molecule has 0 aromatic heterocycles. The number of nitrogens with zero attached hydrogens (tertiary/aromatic N) is 1. The number of hydrogen-bond donors (Lipinski definition) is 0. The number of imide groups is 1. The Bertz CT molecular complexity index is 1220. The first kappa shape index (κ1) is 33.1. The molecule has 0 spiro atoms. The molecule has 2 bridgehead atoms. The Kier molecular flexibility index (Phi) is 6.93. The van der Waals surface area contributed by atoms with E-state index in [0.717, 1.165) is 0 Å². The highest BCUT2D eigenvalue weighted by atomic mass is 32.2. The van der Waals surface area contributed by atoms with Crippen LogP contribution in [0.2, 0.25) is 0 Å². The molecule has 6 nitrogen and oxygen atoms in total. The predicted molar refractivity (Wildman–Crippen MR) is 90.3 cm³/mol. The van der Waals surface area contributed by atoms with Crippen LogP contribution in [0.5, 0.6) is 0 Å². The highest BCUT2D eigenvalue weighted by Crippen LogP contribution is 2.67. The van der Waals surface area contributed by atoms with E-state index in [1.54, 1.807) is 0 Å². The molecule has 1 saturated heterocycles. The van der Waals surface area contributed by atoms with Crippen molar-refractivity contribution < 1.29 is 96.9 Å². The molecule has 2 aliphatic carbocycles. The number of carbonyl (C=O) groups is 2. The van der Waals surface area contributed by atoms with Crippen molar-refractivity contribution in [3.63, 3.8) is 0 Å². The molecule has 1 aliphatic heterocycles. The smallest absolute Gasteiger partial charge is 0.272 e. The minimum absolute atomic E-state index is 0.0603.